The topological polar surface area (TPSA) is 46.1 Å². The lowest BCUT2D eigenvalue weighted by atomic mass is 10.1. The number of hydrogen-bond acceptors (Lipinski definition) is 3. The highest BCUT2D eigenvalue weighted by Gasteiger charge is 2.18. The van der Waals surface area contributed by atoms with Gasteiger partial charge in [-0.1, -0.05) is 72.8 Å². The molecule has 0 N–H and O–H groups in total. The molecule has 0 radical (unpaired) electrons. The van der Waals surface area contributed by atoms with Crippen molar-refractivity contribution in [2.45, 2.75) is 6.92 Å². The molecule has 1 aromatic heterocycles. The number of nitrogens with zero attached hydrogens (tertiary/aromatic N) is 3. The van der Waals surface area contributed by atoms with Crippen LogP contribution in [0, 0.1) is 6.92 Å². The van der Waals surface area contributed by atoms with Crippen molar-refractivity contribution in [1.82, 2.24) is 14.9 Å². The molecule has 1 heterocycles. The number of aryl methyl sites for hydroxylation is 1. The number of likely N-dealkylation sites (N-methyl/N-ethyl adjacent to an activating group) is 1. The maximum absolute atomic E-state index is 12.9. The Labute approximate surface area is 153 Å². The Morgan fingerprint density at radius 2 is 1.69 bits per heavy atom. The van der Waals surface area contributed by atoms with E-state index >= 15 is 0 Å². The highest BCUT2D eigenvalue weighted by Crippen LogP contribution is 2.22. The van der Waals surface area contributed by atoms with Gasteiger partial charge in [-0.05, 0) is 12.5 Å². The summed E-state index contributed by atoms with van der Waals surface area (Å²) >= 11 is 0. The van der Waals surface area contributed by atoms with E-state index in [2.05, 4.69) is 9.97 Å². The lowest BCUT2D eigenvalue weighted by Gasteiger charge is -2.17. The summed E-state index contributed by atoms with van der Waals surface area (Å²) in [5.41, 5.74) is 3.20. The third-order valence-electron chi connectivity index (χ3n) is 4.02. The number of amides is 1. The molecule has 0 atom stereocenters. The molecule has 1 amide bonds. The molecule has 26 heavy (non-hydrogen) atoms. The second-order valence-corrected chi connectivity index (χ2v) is 6.04. The molecule has 0 bridgehead atoms. The van der Waals surface area contributed by atoms with Gasteiger partial charge in [0.25, 0.3) is 5.91 Å². The molecule has 0 saturated carbocycles. The lowest BCUT2D eigenvalue weighted by Crippen LogP contribution is -2.27. The van der Waals surface area contributed by atoms with Gasteiger partial charge in [-0.2, -0.15) is 0 Å². The van der Waals surface area contributed by atoms with Crippen LogP contribution in [0.4, 0.5) is 0 Å². The van der Waals surface area contributed by atoms with Crippen LogP contribution in [-0.2, 0) is 0 Å². The van der Waals surface area contributed by atoms with Crippen molar-refractivity contribution < 1.29 is 4.79 Å². The van der Waals surface area contributed by atoms with Gasteiger partial charge in [0.05, 0.1) is 11.3 Å². The Kier molecular flexibility index (Phi) is 5.54. The fourth-order valence-electron chi connectivity index (χ4n) is 2.64. The third kappa shape index (κ3) is 4.22. The first kappa shape index (κ1) is 17.5. The molecule has 0 aliphatic carbocycles. The van der Waals surface area contributed by atoms with Gasteiger partial charge in [0.2, 0.25) is 0 Å². The second kappa shape index (κ2) is 8.21. The summed E-state index contributed by atoms with van der Waals surface area (Å²) in [6.45, 7) is 2.34. The first-order valence-corrected chi connectivity index (χ1v) is 8.51. The Hall–Kier alpha value is -3.27. The second-order valence-electron chi connectivity index (χ2n) is 6.04. The van der Waals surface area contributed by atoms with Crippen LogP contribution >= 0.6 is 0 Å². The van der Waals surface area contributed by atoms with E-state index in [0.29, 0.717) is 23.6 Å². The summed E-state index contributed by atoms with van der Waals surface area (Å²) in [4.78, 5) is 23.3. The minimum atomic E-state index is -0.0958. The molecule has 0 aliphatic heterocycles. The molecule has 0 aliphatic rings. The van der Waals surface area contributed by atoms with Crippen LogP contribution in [0.5, 0.6) is 0 Å². The Morgan fingerprint density at radius 1 is 1.04 bits per heavy atom. The van der Waals surface area contributed by atoms with Crippen LogP contribution < -0.4 is 0 Å². The van der Waals surface area contributed by atoms with Gasteiger partial charge in [0.15, 0.2) is 0 Å². The van der Waals surface area contributed by atoms with E-state index in [0.717, 1.165) is 11.1 Å². The molecular formula is C22H21N3O. The van der Waals surface area contributed by atoms with Crippen molar-refractivity contribution >= 4 is 12.0 Å². The predicted molar refractivity (Wildman–Crippen MR) is 105 cm³/mol. The maximum atomic E-state index is 12.9. The molecule has 0 saturated heterocycles. The lowest BCUT2D eigenvalue weighted by molar-refractivity contribution is 0.0810. The number of rotatable bonds is 5. The fourth-order valence-corrected chi connectivity index (χ4v) is 2.64. The highest BCUT2D eigenvalue weighted by atomic mass is 16.2. The Bertz CT molecular complexity index is 905. The van der Waals surface area contributed by atoms with Crippen LogP contribution in [-0.4, -0.2) is 34.4 Å². The summed E-state index contributed by atoms with van der Waals surface area (Å²) < 4.78 is 0. The summed E-state index contributed by atoms with van der Waals surface area (Å²) in [7, 11) is 1.78. The number of hydrogen-bond donors (Lipinski definition) is 0. The van der Waals surface area contributed by atoms with E-state index in [9.17, 15) is 4.79 Å². The van der Waals surface area contributed by atoms with E-state index in [1.807, 2.05) is 79.7 Å². The Morgan fingerprint density at radius 3 is 2.38 bits per heavy atom. The molecule has 3 aromatic rings. The first-order valence-electron chi connectivity index (χ1n) is 8.51. The largest absolute Gasteiger partial charge is 0.338 e. The number of aromatic nitrogens is 2. The fraction of sp³-hybridized carbons (Fsp3) is 0.136. The average molecular weight is 343 g/mol. The third-order valence-corrected chi connectivity index (χ3v) is 4.02. The van der Waals surface area contributed by atoms with E-state index < -0.39 is 0 Å². The van der Waals surface area contributed by atoms with Gasteiger partial charge in [-0.3, -0.25) is 4.79 Å². The predicted octanol–water partition coefficient (Wildman–Crippen LogP) is 4.24. The summed E-state index contributed by atoms with van der Waals surface area (Å²) in [6, 6.07) is 19.7. The zero-order chi connectivity index (χ0) is 18.4. The van der Waals surface area contributed by atoms with Gasteiger partial charge in [-0.15, -0.1) is 0 Å². The molecule has 0 unspecified atom stereocenters. The normalized spacial score (nSPS) is 10.8. The average Bonchev–Trinajstić information content (AvgIpc) is 2.69. The smallest absolute Gasteiger partial charge is 0.257 e. The quantitative estimate of drug-likeness (QED) is 0.696. The standard InChI is InChI=1S/C22H21N3O/c1-17-23-16-20(21(24-17)19-13-7-4-8-14-19)22(26)25(2)15-9-12-18-10-5-3-6-11-18/h3-14,16H,15H2,1-2H3. The van der Waals surface area contributed by atoms with Gasteiger partial charge >= 0.3 is 0 Å². The molecule has 3 rings (SSSR count). The Balaban J connectivity index is 1.80. The molecule has 2 aromatic carbocycles. The summed E-state index contributed by atoms with van der Waals surface area (Å²) in [5.74, 6) is 0.550. The number of benzene rings is 2. The van der Waals surface area contributed by atoms with Crippen molar-refractivity contribution in [3.05, 3.63) is 89.9 Å². The molecule has 4 heteroatoms. The molecular weight excluding hydrogens is 322 g/mol. The van der Waals surface area contributed by atoms with Crippen LogP contribution in [0.25, 0.3) is 17.3 Å². The summed E-state index contributed by atoms with van der Waals surface area (Å²) in [6.07, 6.45) is 5.60. The van der Waals surface area contributed by atoms with Crippen molar-refractivity contribution in [2.24, 2.45) is 0 Å². The van der Waals surface area contributed by atoms with Gasteiger partial charge < -0.3 is 4.90 Å². The molecule has 130 valence electrons. The van der Waals surface area contributed by atoms with Crippen LogP contribution in [0.1, 0.15) is 21.7 Å². The first-order chi connectivity index (χ1) is 12.6. The number of carbonyl (C=O) groups is 1. The van der Waals surface area contributed by atoms with Crippen molar-refractivity contribution in [3.63, 3.8) is 0 Å². The molecule has 4 nitrogen and oxygen atoms in total. The van der Waals surface area contributed by atoms with E-state index in [1.54, 1.807) is 18.1 Å². The summed E-state index contributed by atoms with van der Waals surface area (Å²) in [5, 5.41) is 0. The molecule has 0 fully saturated rings. The molecule has 0 spiro atoms. The van der Waals surface area contributed by atoms with Gasteiger partial charge in [-0.25, -0.2) is 9.97 Å². The SMILES string of the molecule is Cc1ncc(C(=O)N(C)CC=Cc2ccccc2)c(-c2ccccc2)n1. The van der Waals surface area contributed by atoms with Crippen molar-refractivity contribution in [1.29, 1.82) is 0 Å². The van der Waals surface area contributed by atoms with Crippen LogP contribution in [0.15, 0.2) is 72.9 Å². The van der Waals surface area contributed by atoms with E-state index in [-0.39, 0.29) is 5.91 Å². The number of carbonyl (C=O) groups excluding carboxylic acids is 1. The van der Waals surface area contributed by atoms with Crippen molar-refractivity contribution in [3.8, 4) is 11.3 Å². The zero-order valence-corrected chi connectivity index (χ0v) is 15.0. The zero-order valence-electron chi connectivity index (χ0n) is 15.0. The van der Waals surface area contributed by atoms with Crippen molar-refractivity contribution in [2.75, 3.05) is 13.6 Å². The monoisotopic (exact) mass is 343 g/mol. The van der Waals surface area contributed by atoms with E-state index in [1.165, 1.54) is 0 Å². The minimum absolute atomic E-state index is 0.0958. The van der Waals surface area contributed by atoms with Gasteiger partial charge in [0, 0.05) is 25.4 Å². The highest BCUT2D eigenvalue weighted by molar-refractivity contribution is 5.99. The van der Waals surface area contributed by atoms with Gasteiger partial charge in [0.1, 0.15) is 5.82 Å². The minimum Gasteiger partial charge on any atom is -0.338 e. The van der Waals surface area contributed by atoms with Crippen LogP contribution in [0.2, 0.25) is 0 Å². The van der Waals surface area contributed by atoms with Crippen LogP contribution in [0.3, 0.4) is 0 Å². The van der Waals surface area contributed by atoms with E-state index in [4.69, 9.17) is 0 Å². The maximum Gasteiger partial charge on any atom is 0.257 e.